The molecule has 0 aliphatic heterocycles. The highest BCUT2D eigenvalue weighted by atomic mass is 28.4. The van der Waals surface area contributed by atoms with Gasteiger partial charge >= 0.3 is 5.97 Å². The molecule has 0 amide bonds. The van der Waals surface area contributed by atoms with E-state index in [0.717, 1.165) is 41.9 Å². The van der Waals surface area contributed by atoms with E-state index in [4.69, 9.17) is 18.6 Å². The molecule has 0 saturated heterocycles. The van der Waals surface area contributed by atoms with Gasteiger partial charge in [0.05, 0.1) is 27.9 Å². The summed E-state index contributed by atoms with van der Waals surface area (Å²) in [6.45, 7) is 9.44. The van der Waals surface area contributed by atoms with Gasteiger partial charge in [-0.25, -0.2) is 4.79 Å². The zero-order valence-corrected chi connectivity index (χ0v) is 26.7. The van der Waals surface area contributed by atoms with Crippen LogP contribution in [0.5, 0.6) is 11.5 Å². The molecule has 3 aromatic carbocycles. The first kappa shape index (κ1) is 32.2. The maximum atomic E-state index is 11.7. The summed E-state index contributed by atoms with van der Waals surface area (Å²) in [4.78, 5) is 11.7. The molecule has 3 aromatic rings. The van der Waals surface area contributed by atoms with Crippen LogP contribution in [0.3, 0.4) is 0 Å². The molecule has 5 nitrogen and oxygen atoms in total. The van der Waals surface area contributed by atoms with E-state index in [1.54, 1.807) is 14.2 Å². The molecule has 0 aliphatic rings. The second-order valence-corrected chi connectivity index (χ2v) is 15.7. The van der Waals surface area contributed by atoms with Gasteiger partial charge in [0.1, 0.15) is 11.5 Å². The Morgan fingerprint density at radius 2 is 1.41 bits per heavy atom. The summed E-state index contributed by atoms with van der Waals surface area (Å²) in [5, 5.41) is 2.36. The van der Waals surface area contributed by atoms with Crippen molar-refractivity contribution in [1.82, 2.24) is 0 Å². The Kier molecular flexibility index (Phi) is 11.8. The minimum Gasteiger partial charge on any atom is -0.496 e. The fourth-order valence-electron chi connectivity index (χ4n) is 5.66. The number of unbranched alkanes of at least 4 members (excludes halogenated alkanes) is 1. The summed E-state index contributed by atoms with van der Waals surface area (Å²) in [5.74, 6) is 1.33. The summed E-state index contributed by atoms with van der Waals surface area (Å²) in [6, 6.07) is 25.5. The monoisotopic (exact) mass is 574 g/mol. The van der Waals surface area contributed by atoms with Gasteiger partial charge < -0.3 is 18.6 Å². The number of carbonyl (C=O) groups excluding carboxylic acids is 1. The number of benzene rings is 3. The van der Waals surface area contributed by atoms with Crippen LogP contribution in [0.4, 0.5) is 0 Å². The Balaban J connectivity index is 2.05. The van der Waals surface area contributed by atoms with E-state index in [1.165, 1.54) is 23.6 Å². The van der Waals surface area contributed by atoms with Gasteiger partial charge in [0, 0.05) is 11.6 Å². The van der Waals surface area contributed by atoms with Crippen molar-refractivity contribution < 1.29 is 23.4 Å². The summed E-state index contributed by atoms with van der Waals surface area (Å²) < 4.78 is 23.9. The molecule has 0 fully saturated rings. The highest BCUT2D eigenvalue weighted by Crippen LogP contribution is 2.42. The summed E-state index contributed by atoms with van der Waals surface area (Å²) >= 11 is 0. The van der Waals surface area contributed by atoms with Gasteiger partial charge in [0.2, 0.25) is 0 Å². The number of esters is 1. The van der Waals surface area contributed by atoms with Crippen molar-refractivity contribution >= 4 is 24.7 Å². The molecule has 220 valence electrons. The Morgan fingerprint density at radius 3 is 1.85 bits per heavy atom. The van der Waals surface area contributed by atoms with Gasteiger partial charge in [0.15, 0.2) is 0 Å². The molecule has 1 atom stereocenters. The standard InChI is InChI=1S/C35H46O5Si/c1-8-9-17-28(18-16-23-33(36)39-7)34-31(37-5)24-27(25-32(34)38-6)26-40-41(35(2,3)4,29-19-12-10-13-20-29)30-21-14-11-15-22-30/h10-16,19-25,28H,8-9,17-18,26H2,1-7H3/b23-16+/t28-/m0/s1. The second kappa shape index (κ2) is 15.0. The SMILES string of the molecule is CCCC[C@@H](C/C=C/C(=O)OC)c1c(OC)cc(CO[Si](c2ccccc2)(c2ccccc2)C(C)(C)C)cc1OC. The highest BCUT2D eigenvalue weighted by molar-refractivity contribution is 6.99. The average Bonchev–Trinajstić information content (AvgIpc) is 2.99. The Hall–Kier alpha value is -3.35. The Morgan fingerprint density at radius 1 is 0.878 bits per heavy atom. The predicted octanol–water partition coefficient (Wildman–Crippen LogP) is 7.17. The van der Waals surface area contributed by atoms with Crippen LogP contribution in [-0.2, 0) is 20.6 Å². The summed E-state index contributed by atoms with van der Waals surface area (Å²) in [5.41, 5.74) is 2.02. The third-order valence-electron chi connectivity index (χ3n) is 7.67. The maximum Gasteiger partial charge on any atom is 0.330 e. The van der Waals surface area contributed by atoms with Crippen molar-refractivity contribution in [2.24, 2.45) is 0 Å². The second-order valence-electron chi connectivity index (χ2n) is 11.4. The van der Waals surface area contributed by atoms with Crippen LogP contribution in [0.15, 0.2) is 84.9 Å². The normalized spacial score (nSPS) is 12.8. The number of carbonyl (C=O) groups is 1. The van der Waals surface area contributed by atoms with E-state index >= 15 is 0 Å². The van der Waals surface area contributed by atoms with E-state index in [9.17, 15) is 4.79 Å². The number of hydrogen-bond acceptors (Lipinski definition) is 5. The lowest BCUT2D eigenvalue weighted by molar-refractivity contribution is -0.134. The summed E-state index contributed by atoms with van der Waals surface area (Å²) in [7, 11) is 2.08. The maximum absolute atomic E-state index is 11.7. The van der Waals surface area contributed by atoms with Gasteiger partial charge in [-0.2, -0.15) is 0 Å². The van der Waals surface area contributed by atoms with Crippen molar-refractivity contribution in [2.75, 3.05) is 21.3 Å². The van der Waals surface area contributed by atoms with Crippen molar-refractivity contribution in [3.63, 3.8) is 0 Å². The van der Waals surface area contributed by atoms with Gasteiger partial charge in [-0.05, 0) is 51.9 Å². The fourth-order valence-corrected chi connectivity index (χ4v) is 10.2. The number of rotatable bonds is 14. The lowest BCUT2D eigenvalue weighted by Crippen LogP contribution is -2.66. The third-order valence-corrected chi connectivity index (χ3v) is 12.6. The van der Waals surface area contributed by atoms with Gasteiger partial charge in [0.25, 0.3) is 8.32 Å². The largest absolute Gasteiger partial charge is 0.496 e. The van der Waals surface area contributed by atoms with Gasteiger partial charge in [-0.3, -0.25) is 0 Å². The number of hydrogen-bond donors (Lipinski definition) is 0. The van der Waals surface area contributed by atoms with Crippen LogP contribution >= 0.6 is 0 Å². The van der Waals surface area contributed by atoms with Gasteiger partial charge in [-0.1, -0.05) is 107 Å². The average molecular weight is 575 g/mol. The van der Waals surface area contributed by atoms with E-state index in [1.807, 2.05) is 6.08 Å². The van der Waals surface area contributed by atoms with Crippen LogP contribution in [0, 0.1) is 0 Å². The molecule has 0 bridgehead atoms. The molecule has 0 aliphatic carbocycles. The molecule has 0 unspecified atom stereocenters. The lowest BCUT2D eigenvalue weighted by atomic mass is 9.88. The van der Waals surface area contributed by atoms with Crippen molar-refractivity contribution in [1.29, 1.82) is 0 Å². The number of methoxy groups -OCH3 is 3. The van der Waals surface area contributed by atoms with Gasteiger partial charge in [-0.15, -0.1) is 0 Å². The number of ether oxygens (including phenoxy) is 3. The molecule has 0 spiro atoms. The first-order chi connectivity index (χ1) is 19.7. The lowest BCUT2D eigenvalue weighted by Gasteiger charge is -2.43. The molecule has 0 radical (unpaired) electrons. The highest BCUT2D eigenvalue weighted by Gasteiger charge is 2.50. The first-order valence-corrected chi connectivity index (χ1v) is 16.4. The minimum absolute atomic E-state index is 0.124. The topological polar surface area (TPSA) is 54.0 Å². The van der Waals surface area contributed by atoms with E-state index in [-0.39, 0.29) is 16.9 Å². The van der Waals surface area contributed by atoms with Crippen LogP contribution in [0.1, 0.15) is 70.4 Å². The quantitative estimate of drug-likeness (QED) is 0.116. The Labute approximate surface area is 247 Å². The van der Waals surface area contributed by atoms with Crippen molar-refractivity contribution in [3.8, 4) is 11.5 Å². The number of allylic oxidation sites excluding steroid dienone is 1. The molecule has 0 aromatic heterocycles. The van der Waals surface area contributed by atoms with Crippen LogP contribution in [0.2, 0.25) is 5.04 Å². The summed E-state index contributed by atoms with van der Waals surface area (Å²) in [6.07, 6.45) is 7.13. The molecule has 6 heteroatoms. The molecule has 3 rings (SSSR count). The van der Waals surface area contributed by atoms with E-state index in [2.05, 4.69) is 100 Å². The third kappa shape index (κ3) is 7.69. The predicted molar refractivity (Wildman–Crippen MR) is 170 cm³/mol. The molecule has 41 heavy (non-hydrogen) atoms. The first-order valence-electron chi connectivity index (χ1n) is 14.5. The van der Waals surface area contributed by atoms with Crippen molar-refractivity contribution in [2.45, 2.75) is 70.9 Å². The van der Waals surface area contributed by atoms with E-state index < -0.39 is 8.32 Å². The van der Waals surface area contributed by atoms with E-state index in [0.29, 0.717) is 13.0 Å². The molecular formula is C35H46O5Si. The molecule has 0 N–H and O–H groups in total. The fraction of sp³-hybridized carbons (Fsp3) is 0.400. The molecule has 0 heterocycles. The minimum atomic E-state index is -2.71. The Bertz CT molecular complexity index is 1200. The zero-order chi connectivity index (χ0) is 29.9. The van der Waals surface area contributed by atoms with Crippen LogP contribution < -0.4 is 19.8 Å². The van der Waals surface area contributed by atoms with Crippen molar-refractivity contribution in [3.05, 3.63) is 96.1 Å². The van der Waals surface area contributed by atoms with Crippen LogP contribution in [-0.4, -0.2) is 35.6 Å². The smallest absolute Gasteiger partial charge is 0.330 e. The molecule has 0 saturated carbocycles. The molecular weight excluding hydrogens is 528 g/mol. The zero-order valence-electron chi connectivity index (χ0n) is 25.7. The van der Waals surface area contributed by atoms with Crippen LogP contribution in [0.25, 0.3) is 0 Å².